The fourth-order valence-electron chi connectivity index (χ4n) is 2.41. The average molecular weight is 283 g/mol. The number of hydrogen-bond acceptors (Lipinski definition) is 2. The van der Waals surface area contributed by atoms with Crippen LogP contribution in [0.2, 0.25) is 0 Å². The molecular weight excluding hydrogens is 258 g/mol. The number of aliphatic hydroxyl groups is 1. The largest absolute Gasteiger partial charge is 0.388 e. The van der Waals surface area contributed by atoms with E-state index in [1.807, 2.05) is 54.6 Å². The first kappa shape index (κ1) is 15.6. The Morgan fingerprint density at radius 3 is 2.19 bits per heavy atom. The van der Waals surface area contributed by atoms with Gasteiger partial charge in [-0.2, -0.15) is 0 Å². The summed E-state index contributed by atoms with van der Waals surface area (Å²) in [6.07, 6.45) is 5.31. The molecule has 2 N–H and O–H groups in total. The molecule has 2 heteroatoms. The SMILES string of the molecule is CCCCCCC(O)c1ccc(Nc2ccccc2)cc1. The van der Waals surface area contributed by atoms with Crippen LogP contribution in [0, 0.1) is 0 Å². The van der Waals surface area contributed by atoms with Crippen LogP contribution in [-0.2, 0) is 0 Å². The van der Waals surface area contributed by atoms with Crippen molar-refractivity contribution >= 4 is 11.4 Å². The highest BCUT2D eigenvalue weighted by molar-refractivity contribution is 5.59. The van der Waals surface area contributed by atoms with Crippen molar-refractivity contribution in [3.05, 3.63) is 60.2 Å². The Kier molecular flexibility index (Phi) is 6.29. The number of unbranched alkanes of at least 4 members (excludes halogenated alkanes) is 3. The second-order valence-corrected chi connectivity index (χ2v) is 5.48. The molecular formula is C19H25NO. The van der Waals surface area contributed by atoms with Crippen LogP contribution in [0.5, 0.6) is 0 Å². The molecule has 2 nitrogen and oxygen atoms in total. The zero-order chi connectivity index (χ0) is 14.9. The van der Waals surface area contributed by atoms with E-state index in [0.29, 0.717) is 0 Å². The van der Waals surface area contributed by atoms with Crippen LogP contribution >= 0.6 is 0 Å². The molecule has 1 atom stereocenters. The maximum Gasteiger partial charge on any atom is 0.0790 e. The van der Waals surface area contributed by atoms with Gasteiger partial charge in [0.15, 0.2) is 0 Å². The predicted octanol–water partition coefficient (Wildman–Crippen LogP) is 5.43. The van der Waals surface area contributed by atoms with E-state index in [9.17, 15) is 5.11 Å². The van der Waals surface area contributed by atoms with Gasteiger partial charge in [-0.3, -0.25) is 0 Å². The molecule has 0 saturated carbocycles. The standard InChI is InChI=1S/C19H25NO/c1-2-3-4-8-11-19(21)16-12-14-18(15-13-16)20-17-9-6-5-7-10-17/h5-7,9-10,12-15,19-21H,2-4,8,11H2,1H3. The highest BCUT2D eigenvalue weighted by atomic mass is 16.3. The third-order valence-corrected chi connectivity index (χ3v) is 3.69. The van der Waals surface area contributed by atoms with Crippen molar-refractivity contribution in [3.63, 3.8) is 0 Å². The van der Waals surface area contributed by atoms with Gasteiger partial charge in [0.05, 0.1) is 6.10 Å². The van der Waals surface area contributed by atoms with Crippen molar-refractivity contribution in [2.45, 2.75) is 45.1 Å². The molecule has 0 aliphatic rings. The van der Waals surface area contributed by atoms with Gasteiger partial charge >= 0.3 is 0 Å². The second kappa shape index (κ2) is 8.48. The molecule has 112 valence electrons. The third-order valence-electron chi connectivity index (χ3n) is 3.69. The third kappa shape index (κ3) is 5.24. The fraction of sp³-hybridized carbons (Fsp3) is 0.368. The van der Waals surface area contributed by atoms with Crippen molar-refractivity contribution < 1.29 is 5.11 Å². The highest BCUT2D eigenvalue weighted by Gasteiger charge is 2.06. The Morgan fingerprint density at radius 2 is 1.52 bits per heavy atom. The van der Waals surface area contributed by atoms with Crippen LogP contribution in [0.1, 0.15) is 50.7 Å². The van der Waals surface area contributed by atoms with Gasteiger partial charge in [-0.1, -0.05) is 62.9 Å². The first-order valence-electron chi connectivity index (χ1n) is 7.89. The monoisotopic (exact) mass is 283 g/mol. The maximum atomic E-state index is 10.2. The van der Waals surface area contributed by atoms with Crippen LogP contribution in [0.4, 0.5) is 11.4 Å². The van der Waals surface area contributed by atoms with Gasteiger partial charge in [0.25, 0.3) is 0 Å². The van der Waals surface area contributed by atoms with Gasteiger partial charge in [-0.05, 0) is 36.2 Å². The number of benzene rings is 2. The van der Waals surface area contributed by atoms with Crippen molar-refractivity contribution in [2.24, 2.45) is 0 Å². The number of rotatable bonds is 8. The molecule has 0 heterocycles. The molecule has 0 bridgehead atoms. The van der Waals surface area contributed by atoms with E-state index in [0.717, 1.165) is 29.8 Å². The van der Waals surface area contributed by atoms with E-state index >= 15 is 0 Å². The summed E-state index contributed by atoms with van der Waals surface area (Å²) in [4.78, 5) is 0. The van der Waals surface area contributed by atoms with Crippen LogP contribution in [0.15, 0.2) is 54.6 Å². The molecule has 0 aromatic heterocycles. The number of nitrogens with one attached hydrogen (secondary N) is 1. The lowest BCUT2D eigenvalue weighted by Gasteiger charge is -2.12. The lowest BCUT2D eigenvalue weighted by Crippen LogP contribution is -1.98. The molecule has 21 heavy (non-hydrogen) atoms. The lowest BCUT2D eigenvalue weighted by atomic mass is 10.0. The number of hydrogen-bond donors (Lipinski definition) is 2. The summed E-state index contributed by atoms with van der Waals surface area (Å²) in [6.45, 7) is 2.20. The minimum Gasteiger partial charge on any atom is -0.388 e. The Labute approximate surface area is 127 Å². The zero-order valence-electron chi connectivity index (χ0n) is 12.8. The summed E-state index contributed by atoms with van der Waals surface area (Å²) in [6, 6.07) is 18.2. The van der Waals surface area contributed by atoms with E-state index in [1.54, 1.807) is 0 Å². The molecule has 0 amide bonds. The topological polar surface area (TPSA) is 32.3 Å². The van der Waals surface area contributed by atoms with Crippen LogP contribution < -0.4 is 5.32 Å². The lowest BCUT2D eigenvalue weighted by molar-refractivity contribution is 0.163. The molecule has 0 radical (unpaired) electrons. The summed E-state index contributed by atoms with van der Waals surface area (Å²) in [5.41, 5.74) is 3.12. The summed E-state index contributed by atoms with van der Waals surface area (Å²) < 4.78 is 0. The molecule has 2 aromatic carbocycles. The van der Waals surface area contributed by atoms with E-state index in [-0.39, 0.29) is 6.10 Å². The Balaban J connectivity index is 1.86. The predicted molar refractivity (Wildman–Crippen MR) is 89.9 cm³/mol. The Bertz CT molecular complexity index is 507. The maximum absolute atomic E-state index is 10.2. The number of anilines is 2. The molecule has 0 spiro atoms. The minimum absolute atomic E-state index is 0.340. The van der Waals surface area contributed by atoms with Gasteiger partial charge in [0.1, 0.15) is 0 Å². The number of aliphatic hydroxyl groups excluding tert-OH is 1. The molecule has 0 fully saturated rings. The van der Waals surface area contributed by atoms with Gasteiger partial charge < -0.3 is 10.4 Å². The molecule has 0 aliphatic heterocycles. The summed E-state index contributed by atoms with van der Waals surface area (Å²) in [5, 5.41) is 13.5. The molecule has 2 rings (SSSR count). The molecule has 1 unspecified atom stereocenters. The van der Waals surface area contributed by atoms with Gasteiger partial charge in [0, 0.05) is 11.4 Å². The minimum atomic E-state index is -0.340. The fourth-order valence-corrected chi connectivity index (χ4v) is 2.41. The van der Waals surface area contributed by atoms with Crippen molar-refractivity contribution in [1.82, 2.24) is 0 Å². The smallest absolute Gasteiger partial charge is 0.0790 e. The van der Waals surface area contributed by atoms with Gasteiger partial charge in [-0.15, -0.1) is 0 Å². The molecule has 0 aliphatic carbocycles. The van der Waals surface area contributed by atoms with E-state index in [2.05, 4.69) is 12.2 Å². The first-order chi connectivity index (χ1) is 10.3. The highest BCUT2D eigenvalue weighted by Crippen LogP contribution is 2.23. The van der Waals surface area contributed by atoms with Crippen LogP contribution in [0.25, 0.3) is 0 Å². The first-order valence-corrected chi connectivity index (χ1v) is 7.89. The summed E-state index contributed by atoms with van der Waals surface area (Å²) in [7, 11) is 0. The van der Waals surface area contributed by atoms with Crippen molar-refractivity contribution in [2.75, 3.05) is 5.32 Å². The van der Waals surface area contributed by atoms with E-state index in [4.69, 9.17) is 0 Å². The Morgan fingerprint density at radius 1 is 0.857 bits per heavy atom. The Hall–Kier alpha value is -1.80. The summed E-state index contributed by atoms with van der Waals surface area (Å²) >= 11 is 0. The van der Waals surface area contributed by atoms with Crippen LogP contribution in [-0.4, -0.2) is 5.11 Å². The van der Waals surface area contributed by atoms with Crippen molar-refractivity contribution in [1.29, 1.82) is 0 Å². The van der Waals surface area contributed by atoms with Crippen LogP contribution in [0.3, 0.4) is 0 Å². The average Bonchev–Trinajstić information content (AvgIpc) is 2.53. The quantitative estimate of drug-likeness (QED) is 0.633. The van der Waals surface area contributed by atoms with Gasteiger partial charge in [-0.25, -0.2) is 0 Å². The molecule has 2 aromatic rings. The number of para-hydroxylation sites is 1. The molecule has 0 saturated heterocycles. The van der Waals surface area contributed by atoms with E-state index in [1.165, 1.54) is 19.3 Å². The summed E-state index contributed by atoms with van der Waals surface area (Å²) in [5.74, 6) is 0. The van der Waals surface area contributed by atoms with Crippen molar-refractivity contribution in [3.8, 4) is 0 Å². The van der Waals surface area contributed by atoms with Gasteiger partial charge in [0.2, 0.25) is 0 Å². The zero-order valence-corrected chi connectivity index (χ0v) is 12.8. The normalized spacial score (nSPS) is 12.1. The van der Waals surface area contributed by atoms with E-state index < -0.39 is 0 Å². The second-order valence-electron chi connectivity index (χ2n) is 5.48.